The van der Waals surface area contributed by atoms with Gasteiger partial charge in [-0.15, -0.1) is 0 Å². The SMILES string of the molecule is O=Cc1cn(-c2ccccc2)c2ccccc2c1=O. The van der Waals surface area contributed by atoms with Crippen molar-refractivity contribution < 1.29 is 4.79 Å². The molecule has 1 heterocycles. The van der Waals surface area contributed by atoms with Crippen LogP contribution in [0.3, 0.4) is 0 Å². The number of hydrogen-bond acceptors (Lipinski definition) is 2. The summed E-state index contributed by atoms with van der Waals surface area (Å²) in [6, 6.07) is 16.9. The maximum absolute atomic E-state index is 12.1. The van der Waals surface area contributed by atoms with Crippen molar-refractivity contribution in [2.75, 3.05) is 0 Å². The number of rotatable bonds is 2. The van der Waals surface area contributed by atoms with Crippen LogP contribution in [0.1, 0.15) is 10.4 Å². The van der Waals surface area contributed by atoms with Crippen molar-refractivity contribution in [2.45, 2.75) is 0 Å². The van der Waals surface area contributed by atoms with Gasteiger partial charge in [-0.2, -0.15) is 0 Å². The fourth-order valence-electron chi connectivity index (χ4n) is 2.18. The summed E-state index contributed by atoms with van der Waals surface area (Å²) in [5.74, 6) is 0. The molecule has 0 bridgehead atoms. The first kappa shape index (κ1) is 11.4. The Bertz CT molecular complexity index is 804. The largest absolute Gasteiger partial charge is 0.316 e. The van der Waals surface area contributed by atoms with Gasteiger partial charge in [-0.3, -0.25) is 9.59 Å². The van der Waals surface area contributed by atoms with Crippen LogP contribution >= 0.6 is 0 Å². The molecule has 0 aliphatic carbocycles. The van der Waals surface area contributed by atoms with Gasteiger partial charge in [0.1, 0.15) is 0 Å². The smallest absolute Gasteiger partial charge is 0.199 e. The Morgan fingerprint density at radius 3 is 2.32 bits per heavy atom. The molecule has 92 valence electrons. The van der Waals surface area contributed by atoms with Gasteiger partial charge in [0.25, 0.3) is 0 Å². The van der Waals surface area contributed by atoms with Crippen LogP contribution in [0.15, 0.2) is 65.6 Å². The van der Waals surface area contributed by atoms with E-state index in [0.717, 1.165) is 11.2 Å². The average Bonchev–Trinajstić information content (AvgIpc) is 2.49. The maximum atomic E-state index is 12.1. The first-order valence-corrected chi connectivity index (χ1v) is 5.96. The first-order valence-electron chi connectivity index (χ1n) is 5.96. The number of fused-ring (bicyclic) bond motifs is 1. The Morgan fingerprint density at radius 2 is 1.58 bits per heavy atom. The second-order valence-electron chi connectivity index (χ2n) is 4.25. The fraction of sp³-hybridized carbons (Fsp3) is 0. The Kier molecular flexibility index (Phi) is 2.72. The summed E-state index contributed by atoms with van der Waals surface area (Å²) in [5, 5.41) is 0.552. The molecule has 0 atom stereocenters. The van der Waals surface area contributed by atoms with Crippen molar-refractivity contribution >= 4 is 17.2 Å². The summed E-state index contributed by atoms with van der Waals surface area (Å²) in [7, 11) is 0. The minimum atomic E-state index is -0.224. The summed E-state index contributed by atoms with van der Waals surface area (Å²) in [6.45, 7) is 0. The van der Waals surface area contributed by atoms with E-state index in [-0.39, 0.29) is 11.0 Å². The lowest BCUT2D eigenvalue weighted by atomic mass is 10.1. The van der Waals surface area contributed by atoms with Gasteiger partial charge >= 0.3 is 0 Å². The van der Waals surface area contributed by atoms with Gasteiger partial charge in [-0.25, -0.2) is 0 Å². The molecule has 3 rings (SSSR count). The van der Waals surface area contributed by atoms with Crippen LogP contribution < -0.4 is 5.43 Å². The van der Waals surface area contributed by atoms with Crippen LogP contribution in [0, 0.1) is 0 Å². The molecule has 3 aromatic rings. The normalized spacial score (nSPS) is 10.5. The molecular weight excluding hydrogens is 238 g/mol. The van der Waals surface area contributed by atoms with Crippen molar-refractivity contribution in [2.24, 2.45) is 0 Å². The van der Waals surface area contributed by atoms with E-state index in [0.29, 0.717) is 11.7 Å². The van der Waals surface area contributed by atoms with Crippen LogP contribution in [-0.2, 0) is 0 Å². The van der Waals surface area contributed by atoms with Crippen molar-refractivity contribution in [3.05, 3.63) is 76.6 Å². The van der Waals surface area contributed by atoms with Crippen molar-refractivity contribution in [3.8, 4) is 5.69 Å². The quantitative estimate of drug-likeness (QED) is 0.655. The topological polar surface area (TPSA) is 39.1 Å². The van der Waals surface area contributed by atoms with E-state index < -0.39 is 0 Å². The molecule has 0 unspecified atom stereocenters. The molecule has 0 aliphatic heterocycles. The third-order valence-electron chi connectivity index (χ3n) is 3.10. The monoisotopic (exact) mass is 249 g/mol. The molecule has 0 aliphatic rings. The zero-order valence-corrected chi connectivity index (χ0v) is 10.1. The number of para-hydroxylation sites is 2. The highest BCUT2D eigenvalue weighted by atomic mass is 16.1. The van der Waals surface area contributed by atoms with Crippen LogP contribution in [0.25, 0.3) is 16.6 Å². The lowest BCUT2D eigenvalue weighted by Gasteiger charge is -2.11. The number of aldehydes is 1. The van der Waals surface area contributed by atoms with E-state index in [9.17, 15) is 9.59 Å². The number of nitrogens with zero attached hydrogens (tertiary/aromatic N) is 1. The van der Waals surface area contributed by atoms with Crippen LogP contribution in [0.5, 0.6) is 0 Å². The number of carbonyl (C=O) groups excluding carboxylic acids is 1. The molecule has 3 heteroatoms. The van der Waals surface area contributed by atoms with Gasteiger partial charge in [0.05, 0.1) is 11.1 Å². The molecule has 0 amide bonds. The summed E-state index contributed by atoms with van der Waals surface area (Å²) < 4.78 is 1.86. The molecule has 2 aromatic carbocycles. The van der Waals surface area contributed by atoms with Crippen molar-refractivity contribution in [1.82, 2.24) is 4.57 Å². The molecule has 0 saturated carbocycles. The second-order valence-corrected chi connectivity index (χ2v) is 4.25. The molecule has 0 saturated heterocycles. The maximum Gasteiger partial charge on any atom is 0.199 e. The molecule has 0 N–H and O–H groups in total. The highest BCUT2D eigenvalue weighted by Crippen LogP contribution is 2.16. The summed E-state index contributed by atoms with van der Waals surface area (Å²) >= 11 is 0. The van der Waals surface area contributed by atoms with Gasteiger partial charge < -0.3 is 4.57 Å². The highest BCUT2D eigenvalue weighted by Gasteiger charge is 2.08. The standard InChI is InChI=1S/C16H11NO2/c18-11-12-10-17(13-6-2-1-3-7-13)15-9-5-4-8-14(15)16(12)19/h1-11H. The van der Waals surface area contributed by atoms with Crippen LogP contribution in [0.4, 0.5) is 0 Å². The third kappa shape index (κ3) is 1.85. The van der Waals surface area contributed by atoms with E-state index in [1.807, 2.05) is 47.0 Å². The predicted molar refractivity (Wildman–Crippen MR) is 74.9 cm³/mol. The molecule has 0 radical (unpaired) electrons. The zero-order valence-electron chi connectivity index (χ0n) is 10.1. The number of benzene rings is 2. The predicted octanol–water partition coefficient (Wildman–Crippen LogP) is 2.80. The second kappa shape index (κ2) is 4.53. The van der Waals surface area contributed by atoms with E-state index in [4.69, 9.17) is 0 Å². The Balaban J connectivity index is 2.45. The molecule has 0 fully saturated rings. The Morgan fingerprint density at radius 1 is 0.895 bits per heavy atom. The number of pyridine rings is 1. The minimum absolute atomic E-state index is 0.169. The van der Waals surface area contributed by atoms with Gasteiger partial charge in [0, 0.05) is 17.3 Å². The fourth-order valence-corrected chi connectivity index (χ4v) is 2.18. The number of hydrogen-bond donors (Lipinski definition) is 0. The van der Waals surface area contributed by atoms with Gasteiger partial charge in [-0.1, -0.05) is 30.3 Å². The summed E-state index contributed by atoms with van der Waals surface area (Å²) in [4.78, 5) is 23.1. The molecule has 0 spiro atoms. The van der Waals surface area contributed by atoms with Crippen LogP contribution in [-0.4, -0.2) is 10.9 Å². The Hall–Kier alpha value is -2.68. The number of aromatic nitrogens is 1. The summed E-state index contributed by atoms with van der Waals surface area (Å²) in [5.41, 5.74) is 1.66. The van der Waals surface area contributed by atoms with Crippen molar-refractivity contribution in [3.63, 3.8) is 0 Å². The van der Waals surface area contributed by atoms with Gasteiger partial charge in [0.15, 0.2) is 11.7 Å². The van der Waals surface area contributed by atoms with Crippen molar-refractivity contribution in [1.29, 1.82) is 0 Å². The first-order chi connectivity index (χ1) is 9.31. The van der Waals surface area contributed by atoms with Crippen LogP contribution in [0.2, 0.25) is 0 Å². The highest BCUT2D eigenvalue weighted by molar-refractivity contribution is 5.87. The molecule has 19 heavy (non-hydrogen) atoms. The summed E-state index contributed by atoms with van der Waals surface area (Å²) in [6.07, 6.45) is 2.20. The van der Waals surface area contributed by atoms with E-state index in [2.05, 4.69) is 0 Å². The lowest BCUT2D eigenvalue weighted by Crippen LogP contribution is -2.13. The van der Waals surface area contributed by atoms with Gasteiger partial charge in [-0.05, 0) is 24.3 Å². The van der Waals surface area contributed by atoms with E-state index in [1.54, 1.807) is 18.3 Å². The van der Waals surface area contributed by atoms with E-state index >= 15 is 0 Å². The van der Waals surface area contributed by atoms with E-state index in [1.165, 1.54) is 0 Å². The molecule has 3 nitrogen and oxygen atoms in total. The number of carbonyl (C=O) groups is 1. The average molecular weight is 249 g/mol. The molecular formula is C16H11NO2. The third-order valence-corrected chi connectivity index (χ3v) is 3.10. The van der Waals surface area contributed by atoms with Gasteiger partial charge in [0.2, 0.25) is 0 Å². The minimum Gasteiger partial charge on any atom is -0.316 e. The zero-order chi connectivity index (χ0) is 13.2. The molecule has 1 aromatic heterocycles. The lowest BCUT2D eigenvalue weighted by molar-refractivity contribution is 0.112. The Labute approximate surface area is 109 Å².